The van der Waals surface area contributed by atoms with Crippen molar-refractivity contribution in [2.45, 2.75) is 51.0 Å². The lowest BCUT2D eigenvalue weighted by Gasteiger charge is -2.38. The number of piperidine rings is 1. The summed E-state index contributed by atoms with van der Waals surface area (Å²) in [5.41, 5.74) is 2.75. The van der Waals surface area contributed by atoms with E-state index in [9.17, 15) is 4.79 Å². The van der Waals surface area contributed by atoms with Gasteiger partial charge in [-0.05, 0) is 51.4 Å². The lowest BCUT2D eigenvalue weighted by atomic mass is 9.82. The number of hydrogen-bond donors (Lipinski definition) is 1. The van der Waals surface area contributed by atoms with Crippen LogP contribution in [0.3, 0.4) is 0 Å². The van der Waals surface area contributed by atoms with Crippen LogP contribution in [0.2, 0.25) is 0 Å². The fraction of sp³-hybridized carbons (Fsp3) is 0.560. The molecule has 1 fully saturated rings. The number of nitrogens with one attached hydrogen (secondary N) is 1. The third-order valence-corrected chi connectivity index (χ3v) is 6.93. The molecule has 172 valence electrons. The highest BCUT2D eigenvalue weighted by Crippen LogP contribution is 2.33. The monoisotopic (exact) mass is 437 g/mol. The van der Waals surface area contributed by atoms with Crippen LogP contribution < -0.4 is 10.1 Å². The molecule has 1 amide bonds. The lowest BCUT2D eigenvalue weighted by molar-refractivity contribution is -0.137. The molecule has 0 unspecified atom stereocenters. The second-order valence-corrected chi connectivity index (χ2v) is 9.54. The van der Waals surface area contributed by atoms with E-state index in [0.717, 1.165) is 67.5 Å². The van der Waals surface area contributed by atoms with Gasteiger partial charge in [-0.1, -0.05) is 12.1 Å². The van der Waals surface area contributed by atoms with E-state index in [1.807, 2.05) is 50.1 Å². The van der Waals surface area contributed by atoms with Crippen molar-refractivity contribution in [2.24, 2.45) is 0 Å². The number of aromatic nitrogens is 2. The summed E-state index contributed by atoms with van der Waals surface area (Å²) in [7, 11) is 5.71. The van der Waals surface area contributed by atoms with Crippen molar-refractivity contribution >= 4 is 11.7 Å². The molecule has 2 aliphatic heterocycles. The summed E-state index contributed by atoms with van der Waals surface area (Å²) < 4.78 is 5.27. The number of amides is 1. The number of ether oxygens (including phenoxy) is 1. The van der Waals surface area contributed by atoms with Crippen molar-refractivity contribution in [3.63, 3.8) is 0 Å². The minimum Gasteiger partial charge on any atom is -0.497 e. The van der Waals surface area contributed by atoms with Gasteiger partial charge in [-0.2, -0.15) is 0 Å². The number of carbonyl (C=O) groups is 1. The van der Waals surface area contributed by atoms with E-state index in [0.29, 0.717) is 6.54 Å². The molecule has 2 aliphatic rings. The number of carbonyl (C=O) groups excluding carboxylic acids is 1. The molecule has 0 spiro atoms. The lowest BCUT2D eigenvalue weighted by Crippen LogP contribution is -2.47. The molecule has 3 heterocycles. The predicted octanol–water partition coefficient (Wildman–Crippen LogP) is 3.20. The first kappa shape index (κ1) is 22.5. The molecule has 1 aromatic heterocycles. The molecular weight excluding hydrogens is 402 g/mol. The largest absolute Gasteiger partial charge is 0.497 e. The second-order valence-electron chi connectivity index (χ2n) is 9.54. The molecule has 4 rings (SSSR count). The van der Waals surface area contributed by atoms with Crippen molar-refractivity contribution in [1.29, 1.82) is 0 Å². The summed E-state index contributed by atoms with van der Waals surface area (Å²) in [6.45, 7) is 7.34. The molecule has 1 saturated heterocycles. The number of likely N-dealkylation sites (N-methyl/N-ethyl adjacent to an activating group) is 1. The Balaban J connectivity index is 1.55. The van der Waals surface area contributed by atoms with Crippen LogP contribution in [-0.4, -0.2) is 66.5 Å². The Bertz CT molecular complexity index is 956. The van der Waals surface area contributed by atoms with E-state index in [4.69, 9.17) is 14.7 Å². The van der Waals surface area contributed by atoms with Crippen LogP contribution in [0.1, 0.15) is 55.3 Å². The van der Waals surface area contributed by atoms with Crippen LogP contribution in [0, 0.1) is 0 Å². The fourth-order valence-corrected chi connectivity index (χ4v) is 4.86. The zero-order valence-electron chi connectivity index (χ0n) is 19.9. The van der Waals surface area contributed by atoms with Crippen LogP contribution in [0.15, 0.2) is 24.3 Å². The van der Waals surface area contributed by atoms with Gasteiger partial charge in [0.2, 0.25) is 5.91 Å². The standard InChI is InChI=1S/C25H35N5O2/c1-25(2,18-8-10-19(32-5)11-9-18)24(31)30-13-6-7-17(15-30)22-27-21-12-14-29(4)16-20(21)23(26-3)28-22/h8-11,17H,6-7,12-16H2,1-5H3,(H,26,27,28)/t17-/m1/s1. The summed E-state index contributed by atoms with van der Waals surface area (Å²) in [6.07, 6.45) is 2.91. The number of fused-ring (bicyclic) bond motifs is 1. The first-order chi connectivity index (χ1) is 15.3. The third-order valence-electron chi connectivity index (χ3n) is 6.93. The minimum absolute atomic E-state index is 0.154. The van der Waals surface area contributed by atoms with Gasteiger partial charge in [-0.3, -0.25) is 4.79 Å². The molecule has 0 radical (unpaired) electrons. The molecule has 0 aliphatic carbocycles. The average molecular weight is 438 g/mol. The summed E-state index contributed by atoms with van der Waals surface area (Å²) in [4.78, 5) is 27.8. The summed E-state index contributed by atoms with van der Waals surface area (Å²) >= 11 is 0. The van der Waals surface area contributed by atoms with Crippen molar-refractivity contribution in [3.8, 4) is 5.75 Å². The number of hydrogen-bond acceptors (Lipinski definition) is 6. The molecule has 7 nitrogen and oxygen atoms in total. The van der Waals surface area contributed by atoms with E-state index in [-0.39, 0.29) is 11.8 Å². The van der Waals surface area contributed by atoms with Gasteiger partial charge in [0.25, 0.3) is 0 Å². The molecule has 7 heteroatoms. The van der Waals surface area contributed by atoms with E-state index >= 15 is 0 Å². The first-order valence-corrected chi connectivity index (χ1v) is 11.5. The van der Waals surface area contributed by atoms with E-state index in [1.54, 1.807) is 7.11 Å². The number of rotatable bonds is 5. The van der Waals surface area contributed by atoms with Gasteiger partial charge in [0.05, 0.1) is 18.2 Å². The van der Waals surface area contributed by atoms with Gasteiger partial charge < -0.3 is 19.9 Å². The van der Waals surface area contributed by atoms with Crippen LogP contribution in [-0.2, 0) is 23.2 Å². The van der Waals surface area contributed by atoms with E-state index in [1.165, 1.54) is 5.56 Å². The van der Waals surface area contributed by atoms with Gasteiger partial charge >= 0.3 is 0 Å². The molecule has 0 bridgehead atoms. The Kier molecular flexibility index (Phi) is 6.38. The summed E-state index contributed by atoms with van der Waals surface area (Å²) in [5.74, 6) is 2.92. The maximum Gasteiger partial charge on any atom is 0.232 e. The molecule has 0 saturated carbocycles. The molecular formula is C25H35N5O2. The van der Waals surface area contributed by atoms with Crippen molar-refractivity contribution < 1.29 is 9.53 Å². The Hall–Kier alpha value is -2.67. The van der Waals surface area contributed by atoms with Gasteiger partial charge in [-0.15, -0.1) is 0 Å². The number of anilines is 1. The van der Waals surface area contributed by atoms with Crippen molar-refractivity contribution in [2.75, 3.05) is 46.2 Å². The van der Waals surface area contributed by atoms with Gasteiger partial charge in [0, 0.05) is 51.1 Å². The first-order valence-electron chi connectivity index (χ1n) is 11.5. The normalized spacial score (nSPS) is 19.4. The number of likely N-dealkylation sites (tertiary alicyclic amines) is 1. The van der Waals surface area contributed by atoms with Crippen molar-refractivity contribution in [3.05, 3.63) is 46.9 Å². The fourth-order valence-electron chi connectivity index (χ4n) is 4.86. The van der Waals surface area contributed by atoms with E-state index < -0.39 is 5.41 Å². The SMILES string of the molecule is CNc1nc([C@@H]2CCCN(C(=O)C(C)(C)c3ccc(OC)cc3)C2)nc2c1CN(C)CC2. The Morgan fingerprint density at radius 2 is 1.94 bits per heavy atom. The molecule has 1 atom stereocenters. The zero-order valence-corrected chi connectivity index (χ0v) is 19.9. The van der Waals surface area contributed by atoms with Crippen LogP contribution in [0.5, 0.6) is 5.75 Å². The van der Waals surface area contributed by atoms with Gasteiger partial charge in [0.1, 0.15) is 17.4 Å². The highest BCUT2D eigenvalue weighted by Gasteiger charge is 2.37. The predicted molar refractivity (Wildman–Crippen MR) is 126 cm³/mol. The average Bonchev–Trinajstić information content (AvgIpc) is 2.83. The van der Waals surface area contributed by atoms with Gasteiger partial charge in [0.15, 0.2) is 0 Å². The maximum atomic E-state index is 13.6. The highest BCUT2D eigenvalue weighted by atomic mass is 16.5. The smallest absolute Gasteiger partial charge is 0.232 e. The van der Waals surface area contributed by atoms with Gasteiger partial charge in [-0.25, -0.2) is 9.97 Å². The minimum atomic E-state index is -0.606. The molecule has 1 N–H and O–H groups in total. The quantitative estimate of drug-likeness (QED) is 0.775. The third kappa shape index (κ3) is 4.31. The van der Waals surface area contributed by atoms with Crippen molar-refractivity contribution in [1.82, 2.24) is 19.8 Å². The molecule has 1 aromatic carbocycles. The number of methoxy groups -OCH3 is 1. The molecule has 32 heavy (non-hydrogen) atoms. The Labute approximate surface area is 191 Å². The maximum absolute atomic E-state index is 13.6. The summed E-state index contributed by atoms with van der Waals surface area (Å²) in [6, 6.07) is 7.81. The topological polar surface area (TPSA) is 70.6 Å². The highest BCUT2D eigenvalue weighted by molar-refractivity contribution is 5.87. The van der Waals surface area contributed by atoms with Crippen LogP contribution in [0.4, 0.5) is 5.82 Å². The van der Waals surface area contributed by atoms with Crippen LogP contribution >= 0.6 is 0 Å². The van der Waals surface area contributed by atoms with E-state index in [2.05, 4.69) is 17.3 Å². The number of benzene rings is 1. The van der Waals surface area contributed by atoms with Crippen LogP contribution in [0.25, 0.3) is 0 Å². The zero-order chi connectivity index (χ0) is 22.9. The number of nitrogens with zero attached hydrogens (tertiary/aromatic N) is 4. The Morgan fingerprint density at radius 1 is 1.19 bits per heavy atom. The second kappa shape index (κ2) is 9.06. The molecule has 2 aromatic rings. The summed E-state index contributed by atoms with van der Waals surface area (Å²) in [5, 5.41) is 3.28. The Morgan fingerprint density at radius 3 is 2.62 bits per heavy atom.